The summed E-state index contributed by atoms with van der Waals surface area (Å²) in [5.41, 5.74) is 0. The van der Waals surface area contributed by atoms with Crippen molar-refractivity contribution in [2.75, 3.05) is 0 Å². The molecule has 0 bridgehead atoms. The van der Waals surface area contributed by atoms with E-state index in [2.05, 4.69) is 24.1 Å². The first kappa shape index (κ1) is 12.0. The molecule has 0 spiro atoms. The molecule has 1 heteroatoms. The summed E-state index contributed by atoms with van der Waals surface area (Å²) < 4.78 is 0. The first-order valence-electron chi connectivity index (χ1n) is 3.87. The summed E-state index contributed by atoms with van der Waals surface area (Å²) in [4.78, 5) is 0. The summed E-state index contributed by atoms with van der Waals surface area (Å²) in [6.45, 7) is 0. The van der Waals surface area contributed by atoms with E-state index in [4.69, 9.17) is 6.42 Å². The van der Waals surface area contributed by atoms with Crippen LogP contribution in [0.3, 0.4) is 0 Å². The van der Waals surface area contributed by atoms with Crippen LogP contribution in [0.1, 0.15) is 6.42 Å². The van der Waals surface area contributed by atoms with Crippen molar-refractivity contribution in [1.29, 1.82) is 0 Å². The van der Waals surface area contributed by atoms with Gasteiger partial charge in [-0.2, -0.15) is 12.2 Å². The van der Waals surface area contributed by atoms with Gasteiger partial charge in [0.1, 0.15) is 0 Å². The van der Waals surface area contributed by atoms with Crippen LogP contribution in [-0.2, 0) is 17.1 Å². The second-order valence-electron chi connectivity index (χ2n) is 2.37. The standard InChI is InChI=1S/C7H5.C5H5.Fe/c1-2-7-5-3-4-6-7;1-2-4-5-3-1;/h1,3-5,7H;1-3H,4H2;/q2*-1;+2. The van der Waals surface area contributed by atoms with Gasteiger partial charge >= 0.3 is 17.1 Å². The maximum absolute atomic E-state index is 5.05. The quantitative estimate of drug-likeness (QED) is 0.327. The molecule has 0 aliphatic heterocycles. The average molecular weight is 210 g/mol. The molecule has 0 saturated carbocycles. The molecule has 2 aliphatic rings. The van der Waals surface area contributed by atoms with Crippen molar-refractivity contribution >= 4 is 0 Å². The van der Waals surface area contributed by atoms with Crippen molar-refractivity contribution in [2.45, 2.75) is 6.42 Å². The van der Waals surface area contributed by atoms with Gasteiger partial charge in [-0.15, -0.1) is 18.8 Å². The van der Waals surface area contributed by atoms with Gasteiger partial charge in [0.15, 0.2) is 0 Å². The van der Waals surface area contributed by atoms with Crippen molar-refractivity contribution < 1.29 is 17.1 Å². The summed E-state index contributed by atoms with van der Waals surface area (Å²) in [7, 11) is 0. The normalized spacial score (nSPS) is 20.4. The Hall–Kier alpha value is -0.961. The molecule has 0 amide bonds. The second-order valence-corrected chi connectivity index (χ2v) is 2.37. The van der Waals surface area contributed by atoms with Crippen LogP contribution in [-0.4, -0.2) is 0 Å². The zero-order chi connectivity index (χ0) is 8.65. The molecule has 0 heterocycles. The van der Waals surface area contributed by atoms with E-state index >= 15 is 0 Å². The Morgan fingerprint density at radius 2 is 2.15 bits per heavy atom. The van der Waals surface area contributed by atoms with Crippen LogP contribution in [0.25, 0.3) is 0 Å². The minimum absolute atomic E-state index is 0. The van der Waals surface area contributed by atoms with E-state index < -0.39 is 0 Å². The summed E-state index contributed by atoms with van der Waals surface area (Å²) in [5, 5.41) is 0. The fourth-order valence-corrected chi connectivity index (χ4v) is 0.825. The predicted octanol–water partition coefficient (Wildman–Crippen LogP) is 2.47. The molecule has 0 aromatic rings. The molecule has 13 heavy (non-hydrogen) atoms. The van der Waals surface area contributed by atoms with Gasteiger partial charge in [0.2, 0.25) is 0 Å². The predicted molar refractivity (Wildman–Crippen MR) is 50.8 cm³/mol. The average Bonchev–Trinajstić information content (AvgIpc) is 2.81. The zero-order valence-corrected chi connectivity index (χ0v) is 8.28. The van der Waals surface area contributed by atoms with Crippen LogP contribution in [0, 0.1) is 30.4 Å². The van der Waals surface area contributed by atoms with Crippen LogP contribution in [0.15, 0.2) is 36.5 Å². The summed E-state index contributed by atoms with van der Waals surface area (Å²) in [5.74, 6) is 2.67. The Balaban J connectivity index is 0.000000215. The van der Waals surface area contributed by atoms with Crippen molar-refractivity contribution in [3.05, 3.63) is 48.6 Å². The van der Waals surface area contributed by atoms with Gasteiger partial charge in [0.05, 0.1) is 0 Å². The van der Waals surface area contributed by atoms with Crippen molar-refractivity contribution in [3.63, 3.8) is 0 Å². The van der Waals surface area contributed by atoms with Gasteiger partial charge in [-0.1, -0.05) is 0 Å². The molecule has 0 aromatic heterocycles. The van der Waals surface area contributed by atoms with Crippen LogP contribution in [0.4, 0.5) is 0 Å². The molecule has 0 fully saturated rings. The number of allylic oxidation sites excluding steroid dienone is 8. The van der Waals surface area contributed by atoms with Crippen molar-refractivity contribution in [3.8, 4) is 12.3 Å². The van der Waals surface area contributed by atoms with E-state index in [0.717, 1.165) is 6.42 Å². The Labute approximate surface area is 90.6 Å². The smallest absolute Gasteiger partial charge is 0.273 e. The second kappa shape index (κ2) is 7.68. The number of hydrogen-bond acceptors (Lipinski definition) is 0. The van der Waals surface area contributed by atoms with Gasteiger partial charge in [-0.25, -0.2) is 24.3 Å². The molecule has 66 valence electrons. The Morgan fingerprint density at radius 3 is 2.38 bits per heavy atom. The number of terminal acetylenes is 1. The molecule has 2 aliphatic carbocycles. The van der Waals surface area contributed by atoms with Crippen molar-refractivity contribution in [2.24, 2.45) is 5.92 Å². The maximum Gasteiger partial charge on any atom is 2.00 e. The fraction of sp³-hybridized carbons (Fsp3) is 0.167. The molecule has 0 radical (unpaired) electrons. The van der Waals surface area contributed by atoms with Gasteiger partial charge in [-0.05, 0) is 5.92 Å². The Morgan fingerprint density at radius 1 is 1.31 bits per heavy atom. The minimum Gasteiger partial charge on any atom is -0.273 e. The van der Waals surface area contributed by atoms with E-state index in [1.165, 1.54) is 0 Å². The van der Waals surface area contributed by atoms with Crippen LogP contribution in [0.2, 0.25) is 0 Å². The third-order valence-corrected chi connectivity index (χ3v) is 1.44. The topological polar surface area (TPSA) is 0 Å². The van der Waals surface area contributed by atoms with Crippen LogP contribution in [0.5, 0.6) is 0 Å². The SMILES string of the molecule is C#CC1[C-]=CC=C1.[C-]1=CC=CC1.[Fe+2]. The van der Waals surface area contributed by atoms with E-state index in [1.54, 1.807) is 0 Å². The van der Waals surface area contributed by atoms with E-state index in [9.17, 15) is 0 Å². The first-order chi connectivity index (χ1) is 5.93. The summed E-state index contributed by atoms with van der Waals surface area (Å²) >= 11 is 0. The molecule has 0 nitrogen and oxygen atoms in total. The van der Waals surface area contributed by atoms with Gasteiger partial charge in [0, 0.05) is 0 Å². The zero-order valence-electron chi connectivity index (χ0n) is 7.18. The van der Waals surface area contributed by atoms with E-state index in [-0.39, 0.29) is 23.0 Å². The van der Waals surface area contributed by atoms with E-state index in [0.29, 0.717) is 0 Å². The summed E-state index contributed by atoms with van der Waals surface area (Å²) in [6.07, 6.45) is 23.7. The number of rotatable bonds is 0. The van der Waals surface area contributed by atoms with Gasteiger partial charge in [-0.3, -0.25) is 12.2 Å². The molecule has 0 N–H and O–H groups in total. The molecule has 0 saturated heterocycles. The molecule has 1 atom stereocenters. The Bertz CT molecular complexity index is 252. The molecule has 1 unspecified atom stereocenters. The summed E-state index contributed by atoms with van der Waals surface area (Å²) in [6, 6.07) is 0. The molecule has 2 rings (SSSR count). The molecule has 0 aromatic carbocycles. The number of hydrogen-bond donors (Lipinski definition) is 0. The maximum atomic E-state index is 5.05. The van der Waals surface area contributed by atoms with Gasteiger partial charge in [0.25, 0.3) is 0 Å². The molecular weight excluding hydrogens is 200 g/mol. The van der Waals surface area contributed by atoms with E-state index in [1.807, 2.05) is 30.4 Å². The molecular formula is C12H10Fe. The van der Waals surface area contributed by atoms with Crippen LogP contribution >= 0.6 is 0 Å². The minimum atomic E-state index is 0. The van der Waals surface area contributed by atoms with Crippen LogP contribution < -0.4 is 0 Å². The Kier molecular flexibility index (Phi) is 7.11. The van der Waals surface area contributed by atoms with Gasteiger partial charge < -0.3 is 0 Å². The monoisotopic (exact) mass is 210 g/mol. The van der Waals surface area contributed by atoms with Crippen molar-refractivity contribution in [1.82, 2.24) is 0 Å². The third kappa shape index (κ3) is 5.31. The largest absolute Gasteiger partial charge is 2.00 e. The first-order valence-corrected chi connectivity index (χ1v) is 3.87. The fourth-order valence-electron chi connectivity index (χ4n) is 0.825. The third-order valence-electron chi connectivity index (χ3n) is 1.44.